The first kappa shape index (κ1) is 61.3. The van der Waals surface area contributed by atoms with Gasteiger partial charge < -0.3 is 18.3 Å². The van der Waals surface area contributed by atoms with Gasteiger partial charge in [-0.05, 0) is 170 Å². The Hall–Kier alpha value is -9.87. The molecule has 5 heterocycles. The summed E-state index contributed by atoms with van der Waals surface area (Å²) in [5, 5.41) is 4.33. The fourth-order valence-corrected chi connectivity index (χ4v) is 14.0. The molecular formula is C88H74N4O2Pt-2. The molecule has 0 amide bonds. The molecule has 7 heteroatoms. The largest absolute Gasteiger partial charge is 0.510 e. The second-order valence-corrected chi connectivity index (χ2v) is 29.7. The van der Waals surface area contributed by atoms with Gasteiger partial charge in [-0.15, -0.1) is 29.7 Å². The van der Waals surface area contributed by atoms with Crippen molar-refractivity contribution in [2.45, 2.75) is 105 Å². The van der Waals surface area contributed by atoms with Crippen molar-refractivity contribution >= 4 is 54.8 Å². The predicted molar refractivity (Wildman–Crippen MR) is 388 cm³/mol. The zero-order valence-electron chi connectivity index (χ0n) is 55.9. The number of pyridine rings is 1. The average molecular weight is 1410 g/mol. The van der Waals surface area contributed by atoms with Crippen LogP contribution in [0.2, 0.25) is 0 Å². The van der Waals surface area contributed by atoms with Gasteiger partial charge in [-0.3, -0.25) is 4.57 Å². The average Bonchev–Trinajstić information content (AvgIpc) is 1.60. The molecule has 11 aromatic carbocycles. The van der Waals surface area contributed by atoms with Crippen LogP contribution in [-0.2, 0) is 42.7 Å². The quantitative estimate of drug-likeness (QED) is 0.118. The minimum atomic E-state index is -0.0693. The van der Waals surface area contributed by atoms with E-state index in [-0.39, 0.29) is 42.7 Å². The number of fused-ring (bicyclic) bond motifs is 13. The second kappa shape index (κ2) is 22.7. The summed E-state index contributed by atoms with van der Waals surface area (Å²) in [6.45, 7) is 27.5. The molecule has 0 saturated heterocycles. The van der Waals surface area contributed by atoms with Gasteiger partial charge in [0.2, 0.25) is 0 Å². The molecule has 1 aliphatic rings. The first-order chi connectivity index (χ1) is 45.1. The third kappa shape index (κ3) is 10.7. The van der Waals surface area contributed by atoms with E-state index in [4.69, 9.17) is 14.1 Å². The molecule has 0 fully saturated rings. The van der Waals surface area contributed by atoms with Crippen LogP contribution in [-0.4, -0.2) is 14.1 Å². The van der Waals surface area contributed by atoms with E-state index in [0.717, 1.165) is 133 Å². The van der Waals surface area contributed by atoms with Crippen LogP contribution in [0.1, 0.15) is 105 Å². The third-order valence-electron chi connectivity index (χ3n) is 19.2. The molecule has 470 valence electrons. The molecule has 0 saturated carbocycles. The number of imidazole rings is 1. The molecule has 0 aliphatic carbocycles. The minimum absolute atomic E-state index is 0. The van der Waals surface area contributed by atoms with Gasteiger partial charge in [-0.2, -0.15) is 18.2 Å². The van der Waals surface area contributed by atoms with Gasteiger partial charge in [0.15, 0.2) is 0 Å². The maximum atomic E-state index is 6.98. The van der Waals surface area contributed by atoms with Crippen molar-refractivity contribution in [2.75, 3.05) is 0 Å². The number of rotatable bonds is 7. The molecule has 0 radical (unpaired) electrons. The number of nitrogens with zero attached hydrogens (tertiary/aromatic N) is 4. The van der Waals surface area contributed by atoms with E-state index in [0.29, 0.717) is 11.5 Å². The molecule has 0 atom stereocenters. The van der Waals surface area contributed by atoms with Crippen molar-refractivity contribution < 1.29 is 34.8 Å². The van der Waals surface area contributed by atoms with Gasteiger partial charge in [-0.25, -0.2) is 4.98 Å². The fraction of sp³-hybridized carbons (Fsp3) is 0.182. The van der Waals surface area contributed by atoms with Crippen LogP contribution in [0.15, 0.2) is 235 Å². The van der Waals surface area contributed by atoms with Crippen molar-refractivity contribution in [2.24, 2.45) is 0 Å². The van der Waals surface area contributed by atoms with E-state index in [1.165, 1.54) is 27.8 Å². The zero-order chi connectivity index (χ0) is 64.7. The first-order valence-electron chi connectivity index (χ1n) is 32.8. The Morgan fingerprint density at radius 3 is 1.73 bits per heavy atom. The summed E-state index contributed by atoms with van der Waals surface area (Å²) < 4.78 is 20.2. The molecule has 6 nitrogen and oxygen atoms in total. The van der Waals surface area contributed by atoms with E-state index >= 15 is 0 Å². The fourth-order valence-electron chi connectivity index (χ4n) is 14.0. The smallest absolute Gasteiger partial charge is 0.268 e. The number of aromatic nitrogens is 4. The molecule has 15 aromatic rings. The van der Waals surface area contributed by atoms with Crippen LogP contribution in [0.5, 0.6) is 11.5 Å². The van der Waals surface area contributed by atoms with Crippen LogP contribution < -0.4 is 9.30 Å². The van der Waals surface area contributed by atoms with Crippen molar-refractivity contribution in [1.82, 2.24) is 14.1 Å². The van der Waals surface area contributed by atoms with Gasteiger partial charge in [-0.1, -0.05) is 234 Å². The summed E-state index contributed by atoms with van der Waals surface area (Å²) in [6.07, 6.45) is 6.02. The van der Waals surface area contributed by atoms with Crippen LogP contribution in [0.4, 0.5) is 0 Å². The van der Waals surface area contributed by atoms with Crippen LogP contribution in [0, 0.1) is 18.5 Å². The zero-order valence-corrected chi connectivity index (χ0v) is 58.1. The predicted octanol–water partition coefficient (Wildman–Crippen LogP) is 23.0. The third-order valence-corrected chi connectivity index (χ3v) is 19.2. The maximum absolute atomic E-state index is 6.98. The minimum Gasteiger partial charge on any atom is -0.510 e. The normalized spacial score (nSPS) is 12.5. The Bertz CT molecular complexity index is 5540. The van der Waals surface area contributed by atoms with E-state index in [1.807, 2.05) is 30.5 Å². The summed E-state index contributed by atoms with van der Waals surface area (Å²) in [5.41, 5.74) is 25.6. The molecule has 95 heavy (non-hydrogen) atoms. The summed E-state index contributed by atoms with van der Waals surface area (Å²) in [6, 6.07) is 89.7. The van der Waals surface area contributed by atoms with Gasteiger partial charge >= 0.3 is 0 Å². The SMILES string of the molecule is CC(C)(C)c1ccc(-c2cccc3c2-[n+]2[c-]n(-c4[c-]c(Oc5[c-]c6c(cc5)c5ccccc5n6-c5cc(C(C)(C)C)ccn5)ccc4)c4cc(-c5ccc6oc7ccccc7c6c5)cc(c42)-c2ccccc2-c2ccc(-c4cc(C(C)(C)C)cc(C(C)(C)C)c4)cc2-3)cc1.[Pt]. The van der Waals surface area contributed by atoms with E-state index < -0.39 is 0 Å². The van der Waals surface area contributed by atoms with Gasteiger partial charge in [0.25, 0.3) is 6.33 Å². The number of hydrogen-bond acceptors (Lipinski definition) is 3. The standard InChI is InChI=1S/C88H74N4O2.Pt/c1-85(2,3)59-35-31-54(32-36-59)66-27-20-28-73-74-45-55(57-43-61(87(7,8)9)49-62(44-57)88(10,11)12)33-38-69(74)67-23-13-14-24-68(67)76-47-58(56-34-40-81-75(46-56)72-26-16-18-30-80(72)94-81)48-79-84(76)91(83(66)73)53-90(79)63-21-19-22-64(51-63)93-65-37-39-71-70-25-15-17-29-77(70)92(78(71)52-65)82-50-60(41-42-89-82)86(4,5)6;/h13-50H,1-12H3;/q-2;. The maximum Gasteiger partial charge on any atom is 0.268 e. The number of hydrogen-bond donors (Lipinski definition) is 0. The van der Waals surface area contributed by atoms with E-state index in [9.17, 15) is 0 Å². The van der Waals surface area contributed by atoms with E-state index in [2.05, 4.69) is 315 Å². The van der Waals surface area contributed by atoms with E-state index in [1.54, 1.807) is 0 Å². The number of para-hydroxylation sites is 3. The van der Waals surface area contributed by atoms with Gasteiger partial charge in [0.05, 0.1) is 16.7 Å². The van der Waals surface area contributed by atoms with Gasteiger partial charge in [0, 0.05) is 55.1 Å². The van der Waals surface area contributed by atoms with Crippen LogP contribution >= 0.6 is 0 Å². The molecule has 4 aromatic heterocycles. The molecule has 0 bridgehead atoms. The van der Waals surface area contributed by atoms with Gasteiger partial charge in [0.1, 0.15) is 17.0 Å². The first-order valence-corrected chi connectivity index (χ1v) is 32.8. The topological polar surface area (TPSA) is 49.0 Å². The Morgan fingerprint density at radius 2 is 0.979 bits per heavy atom. The molecule has 0 N–H and O–H groups in total. The summed E-state index contributed by atoms with van der Waals surface area (Å²) in [5.74, 6) is 1.93. The Balaban J connectivity index is 0.00000743. The number of ether oxygens (including phenoxy) is 1. The van der Waals surface area contributed by atoms with Crippen LogP contribution in [0.25, 0.3) is 139 Å². The van der Waals surface area contributed by atoms with Crippen molar-refractivity contribution in [1.29, 1.82) is 0 Å². The van der Waals surface area contributed by atoms with Crippen LogP contribution in [0.3, 0.4) is 0 Å². The molecule has 16 rings (SSSR count). The number of furan rings is 1. The molecule has 0 spiro atoms. The summed E-state index contributed by atoms with van der Waals surface area (Å²) in [7, 11) is 0. The molecular weight excluding hydrogens is 1340 g/mol. The Kier molecular flexibility index (Phi) is 14.6. The molecule has 1 aliphatic heterocycles. The van der Waals surface area contributed by atoms with Crippen molar-refractivity contribution in [3.05, 3.63) is 271 Å². The summed E-state index contributed by atoms with van der Waals surface area (Å²) >= 11 is 0. The molecule has 0 unspecified atom stereocenters. The Labute approximate surface area is 571 Å². The summed E-state index contributed by atoms with van der Waals surface area (Å²) in [4.78, 5) is 4.96. The Morgan fingerprint density at radius 1 is 0.389 bits per heavy atom. The number of benzene rings is 11. The monoisotopic (exact) mass is 1410 g/mol. The van der Waals surface area contributed by atoms with Crippen molar-refractivity contribution in [3.8, 4) is 95.5 Å². The van der Waals surface area contributed by atoms with Crippen molar-refractivity contribution in [3.63, 3.8) is 0 Å². The second-order valence-electron chi connectivity index (χ2n) is 29.7.